The van der Waals surface area contributed by atoms with E-state index in [1.54, 1.807) is 7.11 Å². The molecule has 1 amide bonds. The fourth-order valence-electron chi connectivity index (χ4n) is 4.27. The molecular weight excluding hydrogens is 366 g/mol. The second kappa shape index (κ2) is 7.97. The molecule has 5 nitrogen and oxygen atoms in total. The Morgan fingerprint density at radius 1 is 1.10 bits per heavy atom. The van der Waals surface area contributed by atoms with Gasteiger partial charge in [-0.05, 0) is 81.0 Å². The van der Waals surface area contributed by atoms with Gasteiger partial charge in [0.1, 0.15) is 22.8 Å². The largest absolute Gasteiger partial charge is 0.497 e. The zero-order valence-electron chi connectivity index (χ0n) is 17.4. The molecular formula is C24H29NO4. The molecule has 0 fully saturated rings. The highest BCUT2D eigenvalue weighted by atomic mass is 16.5. The summed E-state index contributed by atoms with van der Waals surface area (Å²) in [4.78, 5) is 12.6. The number of benzene rings is 2. The Kier molecular flexibility index (Phi) is 5.39. The molecule has 1 aliphatic heterocycles. The molecule has 1 aliphatic carbocycles. The van der Waals surface area contributed by atoms with E-state index in [2.05, 4.69) is 17.4 Å². The Hall–Kier alpha value is -2.69. The van der Waals surface area contributed by atoms with Crippen LogP contribution in [0.2, 0.25) is 0 Å². The summed E-state index contributed by atoms with van der Waals surface area (Å²) in [7, 11) is 1.63. The summed E-state index contributed by atoms with van der Waals surface area (Å²) in [5.41, 5.74) is 3.33. The smallest absolute Gasteiger partial charge is 0.258 e. The lowest BCUT2D eigenvalue weighted by atomic mass is 9.89. The van der Waals surface area contributed by atoms with Gasteiger partial charge in [0.05, 0.1) is 13.2 Å². The van der Waals surface area contributed by atoms with Crippen LogP contribution in [0.1, 0.15) is 55.8 Å². The number of amides is 1. The highest BCUT2D eigenvalue weighted by Crippen LogP contribution is 2.41. The van der Waals surface area contributed by atoms with Gasteiger partial charge in [-0.1, -0.05) is 6.07 Å². The van der Waals surface area contributed by atoms with Crippen LogP contribution in [0.15, 0.2) is 36.4 Å². The molecule has 0 saturated carbocycles. The van der Waals surface area contributed by atoms with Crippen molar-refractivity contribution in [2.75, 3.05) is 13.7 Å². The number of nitrogens with one attached hydrogen (secondary N) is 1. The van der Waals surface area contributed by atoms with Gasteiger partial charge < -0.3 is 19.5 Å². The topological polar surface area (TPSA) is 56.8 Å². The molecule has 0 bridgehead atoms. The third-order valence-corrected chi connectivity index (χ3v) is 5.70. The molecule has 0 saturated heterocycles. The van der Waals surface area contributed by atoms with Gasteiger partial charge in [0, 0.05) is 12.0 Å². The normalized spacial score (nSPS) is 19.3. The lowest BCUT2D eigenvalue weighted by molar-refractivity contribution is -0.124. The van der Waals surface area contributed by atoms with Gasteiger partial charge >= 0.3 is 0 Å². The summed E-state index contributed by atoms with van der Waals surface area (Å²) in [5, 5.41) is 3.12. The molecule has 1 unspecified atom stereocenters. The van der Waals surface area contributed by atoms with E-state index in [-0.39, 0.29) is 24.2 Å². The Balaban J connectivity index is 1.43. The number of hydrogen-bond acceptors (Lipinski definition) is 4. The van der Waals surface area contributed by atoms with Crippen molar-refractivity contribution in [2.45, 2.75) is 57.6 Å². The minimum atomic E-state index is -0.362. The van der Waals surface area contributed by atoms with Crippen molar-refractivity contribution in [1.29, 1.82) is 0 Å². The molecule has 0 aromatic heterocycles. The zero-order chi connectivity index (χ0) is 20.4. The number of aryl methyl sites for hydroxylation is 2. The maximum absolute atomic E-state index is 12.6. The molecule has 154 valence electrons. The molecule has 2 aliphatic rings. The number of methoxy groups -OCH3 is 1. The van der Waals surface area contributed by atoms with E-state index in [4.69, 9.17) is 14.2 Å². The average Bonchev–Trinajstić information content (AvgIpc) is 2.71. The fourth-order valence-corrected chi connectivity index (χ4v) is 4.27. The maximum Gasteiger partial charge on any atom is 0.258 e. The van der Waals surface area contributed by atoms with Crippen LogP contribution in [0.3, 0.4) is 0 Å². The zero-order valence-corrected chi connectivity index (χ0v) is 17.4. The molecule has 2 aromatic carbocycles. The number of rotatable bonds is 5. The molecule has 2 aromatic rings. The monoisotopic (exact) mass is 395 g/mol. The number of carbonyl (C=O) groups excluding carboxylic acids is 1. The highest BCUT2D eigenvalue weighted by molar-refractivity contribution is 5.78. The number of hydrogen-bond donors (Lipinski definition) is 1. The average molecular weight is 395 g/mol. The van der Waals surface area contributed by atoms with Crippen LogP contribution in [-0.2, 0) is 17.6 Å². The van der Waals surface area contributed by atoms with Crippen molar-refractivity contribution in [3.63, 3.8) is 0 Å². The first-order chi connectivity index (χ1) is 13.9. The van der Waals surface area contributed by atoms with Crippen molar-refractivity contribution in [3.05, 3.63) is 53.1 Å². The molecule has 29 heavy (non-hydrogen) atoms. The molecule has 5 heteroatoms. The second-order valence-electron chi connectivity index (χ2n) is 8.52. The molecule has 1 N–H and O–H groups in total. The first-order valence-corrected chi connectivity index (χ1v) is 10.3. The third kappa shape index (κ3) is 4.50. The van der Waals surface area contributed by atoms with E-state index in [0.717, 1.165) is 35.7 Å². The summed E-state index contributed by atoms with van der Waals surface area (Å²) in [6.45, 7) is 4.06. The third-order valence-electron chi connectivity index (χ3n) is 5.70. The van der Waals surface area contributed by atoms with Gasteiger partial charge in [-0.3, -0.25) is 4.79 Å². The summed E-state index contributed by atoms with van der Waals surface area (Å²) in [6.07, 6.45) is 5.38. The Bertz CT molecular complexity index is 906. The predicted octanol–water partition coefficient (Wildman–Crippen LogP) is 4.37. The van der Waals surface area contributed by atoms with E-state index < -0.39 is 0 Å². The lowest BCUT2D eigenvalue weighted by Crippen LogP contribution is -2.42. The second-order valence-corrected chi connectivity index (χ2v) is 8.52. The Labute approximate surface area is 172 Å². The van der Waals surface area contributed by atoms with Gasteiger partial charge in [0.2, 0.25) is 0 Å². The number of ether oxygens (including phenoxy) is 3. The first kappa shape index (κ1) is 19.6. The fraction of sp³-hybridized carbons (Fsp3) is 0.458. The van der Waals surface area contributed by atoms with E-state index in [0.29, 0.717) is 6.42 Å². The number of carbonyl (C=O) groups is 1. The van der Waals surface area contributed by atoms with E-state index in [1.165, 1.54) is 24.0 Å². The summed E-state index contributed by atoms with van der Waals surface area (Å²) >= 11 is 0. The standard InChI is InChI=1S/C24H29NO4/c1-24(2)14-21(20-13-18(27-3)10-11-22(20)29-24)25-23(26)15-28-19-9-8-16-6-4-5-7-17(16)12-19/h8-13,21H,4-7,14-15H2,1-3H3,(H,25,26). The van der Waals surface area contributed by atoms with Gasteiger partial charge in [-0.25, -0.2) is 0 Å². The van der Waals surface area contributed by atoms with Gasteiger partial charge in [0.25, 0.3) is 5.91 Å². The molecule has 0 radical (unpaired) electrons. The van der Waals surface area contributed by atoms with Crippen molar-refractivity contribution < 1.29 is 19.0 Å². The highest BCUT2D eigenvalue weighted by Gasteiger charge is 2.34. The van der Waals surface area contributed by atoms with Crippen LogP contribution in [0, 0.1) is 0 Å². The van der Waals surface area contributed by atoms with Crippen LogP contribution in [-0.4, -0.2) is 25.2 Å². The number of fused-ring (bicyclic) bond motifs is 2. The van der Waals surface area contributed by atoms with E-state index in [1.807, 2.05) is 38.1 Å². The molecule has 1 atom stereocenters. The summed E-state index contributed by atoms with van der Waals surface area (Å²) in [5.74, 6) is 2.15. The van der Waals surface area contributed by atoms with Crippen molar-refractivity contribution in [1.82, 2.24) is 5.32 Å². The maximum atomic E-state index is 12.6. The van der Waals surface area contributed by atoms with Crippen LogP contribution >= 0.6 is 0 Å². The van der Waals surface area contributed by atoms with E-state index in [9.17, 15) is 4.79 Å². The van der Waals surface area contributed by atoms with Crippen molar-refractivity contribution in [2.24, 2.45) is 0 Å². The van der Waals surface area contributed by atoms with Gasteiger partial charge in [-0.2, -0.15) is 0 Å². The van der Waals surface area contributed by atoms with Crippen LogP contribution < -0.4 is 19.5 Å². The van der Waals surface area contributed by atoms with E-state index >= 15 is 0 Å². The van der Waals surface area contributed by atoms with Crippen molar-refractivity contribution in [3.8, 4) is 17.2 Å². The first-order valence-electron chi connectivity index (χ1n) is 10.3. The van der Waals surface area contributed by atoms with Crippen LogP contribution in [0.25, 0.3) is 0 Å². The SMILES string of the molecule is COc1ccc2c(c1)C(NC(=O)COc1ccc3c(c1)CCCC3)CC(C)(C)O2. The molecule has 1 heterocycles. The predicted molar refractivity (Wildman–Crippen MR) is 112 cm³/mol. The Morgan fingerprint density at radius 3 is 2.66 bits per heavy atom. The lowest BCUT2D eigenvalue weighted by Gasteiger charge is -2.38. The Morgan fingerprint density at radius 2 is 1.86 bits per heavy atom. The quantitative estimate of drug-likeness (QED) is 0.817. The van der Waals surface area contributed by atoms with Crippen LogP contribution in [0.4, 0.5) is 0 Å². The summed E-state index contributed by atoms with van der Waals surface area (Å²) < 4.78 is 17.2. The van der Waals surface area contributed by atoms with Crippen molar-refractivity contribution >= 4 is 5.91 Å². The molecule has 4 rings (SSSR count). The minimum absolute atomic E-state index is 0.00409. The van der Waals surface area contributed by atoms with Gasteiger partial charge in [-0.15, -0.1) is 0 Å². The summed E-state index contributed by atoms with van der Waals surface area (Å²) in [6, 6.07) is 11.7. The van der Waals surface area contributed by atoms with Gasteiger partial charge in [0.15, 0.2) is 6.61 Å². The molecule has 0 spiro atoms. The minimum Gasteiger partial charge on any atom is -0.497 e. The van der Waals surface area contributed by atoms with Crippen LogP contribution in [0.5, 0.6) is 17.2 Å².